The van der Waals surface area contributed by atoms with Crippen molar-refractivity contribution in [1.29, 1.82) is 0 Å². The summed E-state index contributed by atoms with van der Waals surface area (Å²) in [6.07, 6.45) is 2.07. The molecular weight excluding hydrogens is 246 g/mol. The van der Waals surface area contributed by atoms with E-state index in [0.717, 1.165) is 25.9 Å². The zero-order chi connectivity index (χ0) is 13.7. The Balaban J connectivity index is 2.04. The maximum absolute atomic E-state index is 14.3. The molecule has 4 heteroatoms. The lowest BCUT2D eigenvalue weighted by Gasteiger charge is -2.36. The van der Waals surface area contributed by atoms with Crippen molar-refractivity contribution >= 4 is 0 Å². The fourth-order valence-electron chi connectivity index (χ4n) is 2.67. The quantitative estimate of drug-likeness (QED) is 0.883. The Hall–Kier alpha value is -1.00. The van der Waals surface area contributed by atoms with Gasteiger partial charge in [0.1, 0.15) is 0 Å². The summed E-state index contributed by atoms with van der Waals surface area (Å²) in [7, 11) is 0. The van der Waals surface area contributed by atoms with Crippen LogP contribution in [0.3, 0.4) is 0 Å². The van der Waals surface area contributed by atoms with Crippen molar-refractivity contribution in [3.63, 3.8) is 0 Å². The summed E-state index contributed by atoms with van der Waals surface area (Å²) < 4.78 is 28.6. The molecule has 0 aliphatic carbocycles. The summed E-state index contributed by atoms with van der Waals surface area (Å²) in [6.45, 7) is 4.24. The number of hydrogen-bond acceptors (Lipinski definition) is 2. The molecule has 1 aliphatic heterocycles. The lowest BCUT2D eigenvalue weighted by atomic mass is 10.0. The third-order valence-electron chi connectivity index (χ3n) is 3.79. The van der Waals surface area contributed by atoms with Gasteiger partial charge in [0.15, 0.2) is 0 Å². The molecule has 0 bridgehead atoms. The lowest BCUT2D eigenvalue weighted by Crippen LogP contribution is -2.49. The van der Waals surface area contributed by atoms with Gasteiger partial charge in [0, 0.05) is 18.2 Å². The van der Waals surface area contributed by atoms with Crippen molar-refractivity contribution in [3.05, 3.63) is 35.9 Å². The first-order chi connectivity index (χ1) is 9.13. The molecular formula is C15H22F2N2. The minimum absolute atomic E-state index is 0.109. The van der Waals surface area contributed by atoms with Crippen LogP contribution >= 0.6 is 0 Å². The van der Waals surface area contributed by atoms with Gasteiger partial charge in [0.05, 0.1) is 6.54 Å². The van der Waals surface area contributed by atoms with E-state index in [1.807, 2.05) is 11.8 Å². The molecule has 1 aliphatic rings. The summed E-state index contributed by atoms with van der Waals surface area (Å²) in [5, 5.41) is 3.29. The second kappa shape index (κ2) is 6.44. The van der Waals surface area contributed by atoms with E-state index in [0.29, 0.717) is 6.54 Å². The molecule has 1 atom stereocenters. The average molecular weight is 268 g/mol. The Bertz CT molecular complexity index is 375. The average Bonchev–Trinajstić information content (AvgIpc) is 2.47. The number of hydrogen-bond donors (Lipinski definition) is 1. The Morgan fingerprint density at radius 2 is 2.05 bits per heavy atom. The number of alkyl halides is 2. The van der Waals surface area contributed by atoms with E-state index in [2.05, 4.69) is 5.32 Å². The number of benzene rings is 1. The molecule has 0 radical (unpaired) electrons. The summed E-state index contributed by atoms with van der Waals surface area (Å²) in [5.74, 6) is -2.78. The highest BCUT2D eigenvalue weighted by Gasteiger charge is 2.35. The van der Waals surface area contributed by atoms with Crippen LogP contribution in [0.1, 0.15) is 25.3 Å². The van der Waals surface area contributed by atoms with E-state index in [-0.39, 0.29) is 18.2 Å². The third-order valence-corrected chi connectivity index (χ3v) is 3.79. The van der Waals surface area contributed by atoms with Crippen LogP contribution in [-0.4, -0.2) is 37.1 Å². The van der Waals surface area contributed by atoms with Crippen molar-refractivity contribution in [3.8, 4) is 0 Å². The third kappa shape index (κ3) is 3.74. The second-order valence-corrected chi connectivity index (χ2v) is 5.13. The lowest BCUT2D eigenvalue weighted by molar-refractivity contribution is -0.0489. The fraction of sp³-hybridized carbons (Fsp3) is 0.600. The molecule has 1 aromatic carbocycles. The van der Waals surface area contributed by atoms with Gasteiger partial charge in [0.25, 0.3) is 5.92 Å². The Labute approximate surface area is 113 Å². The van der Waals surface area contributed by atoms with Gasteiger partial charge in [-0.25, -0.2) is 0 Å². The van der Waals surface area contributed by atoms with Crippen LogP contribution < -0.4 is 5.32 Å². The molecule has 1 heterocycles. The molecule has 1 aromatic rings. The van der Waals surface area contributed by atoms with Gasteiger partial charge >= 0.3 is 0 Å². The van der Waals surface area contributed by atoms with Crippen molar-refractivity contribution in [2.45, 2.75) is 31.7 Å². The Kier molecular flexibility index (Phi) is 4.88. The number of likely N-dealkylation sites (N-methyl/N-ethyl adjacent to an activating group) is 1. The largest absolute Gasteiger partial charge is 0.315 e. The minimum atomic E-state index is -2.78. The highest BCUT2D eigenvalue weighted by atomic mass is 19.3. The zero-order valence-electron chi connectivity index (χ0n) is 11.4. The summed E-state index contributed by atoms with van der Waals surface area (Å²) in [4.78, 5) is 1.90. The van der Waals surface area contributed by atoms with Gasteiger partial charge in [-0.2, -0.15) is 8.78 Å². The first-order valence-corrected chi connectivity index (χ1v) is 7.01. The van der Waals surface area contributed by atoms with Crippen LogP contribution in [0.15, 0.2) is 30.3 Å². The molecule has 19 heavy (non-hydrogen) atoms. The SMILES string of the molecule is CCN(CC(F)(F)c1ccccc1)C1CCCNC1. The van der Waals surface area contributed by atoms with Crippen molar-refractivity contribution < 1.29 is 8.78 Å². The molecule has 1 N–H and O–H groups in total. The highest BCUT2D eigenvalue weighted by molar-refractivity contribution is 5.20. The molecule has 0 saturated carbocycles. The molecule has 0 spiro atoms. The maximum Gasteiger partial charge on any atom is 0.285 e. The number of rotatable bonds is 5. The van der Waals surface area contributed by atoms with Crippen LogP contribution in [0.25, 0.3) is 0 Å². The van der Waals surface area contributed by atoms with Gasteiger partial charge < -0.3 is 5.32 Å². The number of nitrogens with zero attached hydrogens (tertiary/aromatic N) is 1. The topological polar surface area (TPSA) is 15.3 Å². The number of piperidine rings is 1. The van der Waals surface area contributed by atoms with Crippen LogP contribution in [0.5, 0.6) is 0 Å². The van der Waals surface area contributed by atoms with E-state index in [1.165, 1.54) is 12.1 Å². The normalized spacial score (nSPS) is 20.7. The summed E-state index contributed by atoms with van der Waals surface area (Å²) in [5.41, 5.74) is 0.109. The first-order valence-electron chi connectivity index (χ1n) is 7.01. The molecule has 2 nitrogen and oxygen atoms in total. The Morgan fingerprint density at radius 3 is 2.63 bits per heavy atom. The standard InChI is InChI=1S/C15H22F2N2/c1-2-19(14-9-6-10-18-11-14)12-15(16,17)13-7-4-3-5-8-13/h3-5,7-8,14,18H,2,6,9-12H2,1H3. The van der Waals surface area contributed by atoms with Gasteiger partial charge in [-0.05, 0) is 25.9 Å². The van der Waals surface area contributed by atoms with Crippen molar-refractivity contribution in [2.24, 2.45) is 0 Å². The molecule has 1 unspecified atom stereocenters. The molecule has 106 valence electrons. The van der Waals surface area contributed by atoms with E-state index in [1.54, 1.807) is 18.2 Å². The maximum atomic E-state index is 14.3. The molecule has 2 rings (SSSR count). The molecule has 0 amide bonds. The minimum Gasteiger partial charge on any atom is -0.315 e. The van der Waals surface area contributed by atoms with E-state index < -0.39 is 5.92 Å². The van der Waals surface area contributed by atoms with E-state index in [4.69, 9.17) is 0 Å². The van der Waals surface area contributed by atoms with Crippen LogP contribution in [0, 0.1) is 0 Å². The molecule has 1 fully saturated rings. The summed E-state index contributed by atoms with van der Waals surface area (Å²) >= 11 is 0. The monoisotopic (exact) mass is 268 g/mol. The second-order valence-electron chi connectivity index (χ2n) is 5.13. The Morgan fingerprint density at radius 1 is 1.32 bits per heavy atom. The number of halogens is 2. The zero-order valence-corrected chi connectivity index (χ0v) is 11.4. The molecule has 1 saturated heterocycles. The highest BCUT2D eigenvalue weighted by Crippen LogP contribution is 2.29. The van der Waals surface area contributed by atoms with Gasteiger partial charge in [-0.3, -0.25) is 4.90 Å². The van der Waals surface area contributed by atoms with Gasteiger partial charge in [-0.15, -0.1) is 0 Å². The van der Waals surface area contributed by atoms with Crippen molar-refractivity contribution in [1.82, 2.24) is 10.2 Å². The fourth-order valence-corrected chi connectivity index (χ4v) is 2.67. The van der Waals surface area contributed by atoms with Crippen LogP contribution in [0.4, 0.5) is 8.78 Å². The van der Waals surface area contributed by atoms with E-state index in [9.17, 15) is 8.78 Å². The van der Waals surface area contributed by atoms with Crippen LogP contribution in [-0.2, 0) is 5.92 Å². The predicted octanol–water partition coefficient (Wildman–Crippen LogP) is 2.85. The summed E-state index contributed by atoms with van der Waals surface area (Å²) in [6, 6.07) is 8.35. The number of nitrogens with one attached hydrogen (secondary N) is 1. The van der Waals surface area contributed by atoms with E-state index >= 15 is 0 Å². The van der Waals surface area contributed by atoms with Crippen LogP contribution in [0.2, 0.25) is 0 Å². The smallest absolute Gasteiger partial charge is 0.285 e. The van der Waals surface area contributed by atoms with Gasteiger partial charge in [0.2, 0.25) is 0 Å². The first kappa shape index (κ1) is 14.4. The van der Waals surface area contributed by atoms with Crippen molar-refractivity contribution in [2.75, 3.05) is 26.2 Å². The van der Waals surface area contributed by atoms with Gasteiger partial charge in [-0.1, -0.05) is 37.3 Å². The molecule has 0 aromatic heterocycles. The predicted molar refractivity (Wildman–Crippen MR) is 73.5 cm³/mol.